The zero-order valence-corrected chi connectivity index (χ0v) is 14.2. The van der Waals surface area contributed by atoms with Gasteiger partial charge >= 0.3 is 0 Å². The lowest BCUT2D eigenvalue weighted by Gasteiger charge is -2.41. The minimum Gasteiger partial charge on any atom is -0.375 e. The van der Waals surface area contributed by atoms with Gasteiger partial charge in [0.15, 0.2) is 0 Å². The van der Waals surface area contributed by atoms with Crippen molar-refractivity contribution >= 4 is 21.6 Å². The molecule has 1 aromatic carbocycles. The fourth-order valence-electron chi connectivity index (χ4n) is 2.80. The second-order valence-corrected chi connectivity index (χ2v) is 6.73. The van der Waals surface area contributed by atoms with Crippen molar-refractivity contribution in [2.24, 2.45) is 5.73 Å². The summed E-state index contributed by atoms with van der Waals surface area (Å²) in [5, 5.41) is 0. The van der Waals surface area contributed by atoms with Crippen LogP contribution in [0.25, 0.3) is 0 Å². The average molecular weight is 341 g/mol. The van der Waals surface area contributed by atoms with E-state index in [1.54, 1.807) is 0 Å². The molecule has 0 aliphatic carbocycles. The van der Waals surface area contributed by atoms with Gasteiger partial charge in [0.05, 0.1) is 18.8 Å². The maximum Gasteiger partial charge on any atom is 0.0723 e. The van der Waals surface area contributed by atoms with Crippen LogP contribution in [0.2, 0.25) is 0 Å². The molecule has 1 aliphatic rings. The van der Waals surface area contributed by atoms with E-state index in [2.05, 4.69) is 59.8 Å². The molecule has 20 heavy (non-hydrogen) atoms. The van der Waals surface area contributed by atoms with Gasteiger partial charge in [-0.1, -0.05) is 28.9 Å². The number of hydrogen-bond acceptors (Lipinski definition) is 3. The molecule has 1 fully saturated rings. The lowest BCUT2D eigenvalue weighted by molar-refractivity contribution is 0.0299. The van der Waals surface area contributed by atoms with Crippen LogP contribution in [-0.4, -0.2) is 31.3 Å². The van der Waals surface area contributed by atoms with E-state index in [4.69, 9.17) is 10.5 Å². The Morgan fingerprint density at radius 2 is 2.25 bits per heavy atom. The number of hydrogen-bond donors (Lipinski definition) is 1. The molecule has 0 saturated carbocycles. The molecule has 112 valence electrons. The van der Waals surface area contributed by atoms with Crippen molar-refractivity contribution in [2.75, 3.05) is 18.1 Å². The zero-order valence-electron chi connectivity index (χ0n) is 12.6. The van der Waals surface area contributed by atoms with E-state index in [0.717, 1.165) is 30.5 Å². The summed E-state index contributed by atoms with van der Waals surface area (Å²) in [6, 6.07) is 7.14. The first kappa shape index (κ1) is 15.8. The number of nitrogens with zero attached hydrogens (tertiary/aromatic N) is 1. The summed E-state index contributed by atoms with van der Waals surface area (Å²) in [4.78, 5) is 2.50. The Morgan fingerprint density at radius 3 is 2.90 bits per heavy atom. The number of nitrogens with two attached hydrogens (primary N) is 1. The molecule has 1 heterocycles. The van der Waals surface area contributed by atoms with Crippen molar-refractivity contribution in [3.05, 3.63) is 28.2 Å². The highest BCUT2D eigenvalue weighted by molar-refractivity contribution is 9.10. The third kappa shape index (κ3) is 3.74. The number of ether oxygens (including phenoxy) is 1. The largest absolute Gasteiger partial charge is 0.375 e. The highest BCUT2D eigenvalue weighted by Crippen LogP contribution is 2.30. The lowest BCUT2D eigenvalue weighted by atomic mass is 10.0. The molecule has 1 saturated heterocycles. The minimum absolute atomic E-state index is 0.175. The van der Waals surface area contributed by atoms with Gasteiger partial charge in [-0.05, 0) is 44.4 Å². The molecule has 0 bridgehead atoms. The molecule has 0 aromatic heterocycles. The van der Waals surface area contributed by atoms with Crippen LogP contribution in [0.15, 0.2) is 22.7 Å². The maximum absolute atomic E-state index is 6.00. The van der Waals surface area contributed by atoms with Gasteiger partial charge in [0.2, 0.25) is 0 Å². The summed E-state index contributed by atoms with van der Waals surface area (Å²) in [7, 11) is 0. The number of morpholine rings is 1. The predicted octanol–water partition coefficient (Wildman–Crippen LogP) is 3.34. The first-order valence-corrected chi connectivity index (χ1v) is 8.22. The smallest absolute Gasteiger partial charge is 0.0723 e. The van der Waals surface area contributed by atoms with Gasteiger partial charge in [0, 0.05) is 22.7 Å². The van der Waals surface area contributed by atoms with E-state index in [0.29, 0.717) is 6.04 Å². The molecule has 0 radical (unpaired) electrons. The third-order valence-corrected chi connectivity index (χ3v) is 4.33. The summed E-state index contributed by atoms with van der Waals surface area (Å²) in [6.45, 7) is 8.18. The van der Waals surface area contributed by atoms with Crippen molar-refractivity contribution in [3.63, 3.8) is 0 Å². The van der Waals surface area contributed by atoms with Crippen LogP contribution in [0, 0.1) is 0 Å². The van der Waals surface area contributed by atoms with Gasteiger partial charge in [-0.25, -0.2) is 0 Å². The SMILES string of the molecule is CCC1COC(C)CN1c1cc(Br)ccc1CC(C)N. The summed E-state index contributed by atoms with van der Waals surface area (Å²) in [5.41, 5.74) is 8.63. The Balaban J connectivity index is 2.34. The van der Waals surface area contributed by atoms with Crippen molar-refractivity contribution in [1.82, 2.24) is 0 Å². The molecule has 1 aliphatic heterocycles. The van der Waals surface area contributed by atoms with E-state index in [9.17, 15) is 0 Å². The van der Waals surface area contributed by atoms with Gasteiger partial charge in [0.25, 0.3) is 0 Å². The first-order chi connectivity index (χ1) is 9.51. The summed E-state index contributed by atoms with van der Waals surface area (Å²) in [5.74, 6) is 0. The summed E-state index contributed by atoms with van der Waals surface area (Å²) < 4.78 is 6.93. The zero-order chi connectivity index (χ0) is 14.7. The lowest BCUT2D eigenvalue weighted by Crippen LogP contribution is -2.49. The molecule has 2 N–H and O–H groups in total. The molecule has 2 rings (SSSR count). The molecule has 0 amide bonds. The van der Waals surface area contributed by atoms with Crippen LogP contribution in [0.4, 0.5) is 5.69 Å². The molecular weight excluding hydrogens is 316 g/mol. The van der Waals surface area contributed by atoms with Gasteiger partial charge in [-0.15, -0.1) is 0 Å². The van der Waals surface area contributed by atoms with E-state index in [-0.39, 0.29) is 12.1 Å². The number of benzene rings is 1. The van der Waals surface area contributed by atoms with Crippen LogP contribution in [0.1, 0.15) is 32.8 Å². The molecule has 3 atom stereocenters. The number of anilines is 1. The Labute approximate surface area is 130 Å². The van der Waals surface area contributed by atoms with Gasteiger partial charge < -0.3 is 15.4 Å². The van der Waals surface area contributed by atoms with Crippen LogP contribution in [0.5, 0.6) is 0 Å². The average Bonchev–Trinajstić information content (AvgIpc) is 2.40. The van der Waals surface area contributed by atoms with Crippen molar-refractivity contribution in [3.8, 4) is 0 Å². The highest BCUT2D eigenvalue weighted by Gasteiger charge is 2.27. The summed E-state index contributed by atoms with van der Waals surface area (Å²) in [6.07, 6.45) is 2.28. The van der Waals surface area contributed by atoms with Crippen molar-refractivity contribution in [2.45, 2.75) is 51.8 Å². The van der Waals surface area contributed by atoms with Crippen molar-refractivity contribution in [1.29, 1.82) is 0 Å². The Kier molecular flexibility index (Phi) is 5.47. The van der Waals surface area contributed by atoms with Gasteiger partial charge in [0.1, 0.15) is 0 Å². The minimum atomic E-state index is 0.175. The molecular formula is C16H25BrN2O. The molecule has 1 aromatic rings. The highest BCUT2D eigenvalue weighted by atomic mass is 79.9. The Hall–Kier alpha value is -0.580. The van der Waals surface area contributed by atoms with Crippen LogP contribution in [0.3, 0.4) is 0 Å². The quantitative estimate of drug-likeness (QED) is 0.913. The fourth-order valence-corrected chi connectivity index (χ4v) is 3.15. The van der Waals surface area contributed by atoms with Crippen LogP contribution < -0.4 is 10.6 Å². The van der Waals surface area contributed by atoms with Gasteiger partial charge in [-0.2, -0.15) is 0 Å². The number of rotatable bonds is 4. The second kappa shape index (κ2) is 6.92. The van der Waals surface area contributed by atoms with E-state index in [1.165, 1.54) is 11.3 Å². The van der Waals surface area contributed by atoms with E-state index >= 15 is 0 Å². The van der Waals surface area contributed by atoms with E-state index < -0.39 is 0 Å². The summed E-state index contributed by atoms with van der Waals surface area (Å²) >= 11 is 3.60. The fraction of sp³-hybridized carbons (Fsp3) is 0.625. The first-order valence-electron chi connectivity index (χ1n) is 7.43. The van der Waals surface area contributed by atoms with E-state index in [1.807, 2.05) is 0 Å². The molecule has 3 unspecified atom stereocenters. The predicted molar refractivity (Wildman–Crippen MR) is 88.3 cm³/mol. The van der Waals surface area contributed by atoms with Crippen molar-refractivity contribution < 1.29 is 4.74 Å². The third-order valence-electron chi connectivity index (χ3n) is 3.84. The van der Waals surface area contributed by atoms with Crippen LogP contribution >= 0.6 is 15.9 Å². The molecule has 3 nitrogen and oxygen atoms in total. The topological polar surface area (TPSA) is 38.5 Å². The standard InChI is InChI=1S/C16H25BrN2O/c1-4-15-10-20-12(3)9-19(15)16-8-14(17)6-5-13(16)7-11(2)18/h5-6,8,11-12,15H,4,7,9-10,18H2,1-3H3. The Bertz CT molecular complexity index is 450. The molecule has 0 spiro atoms. The Morgan fingerprint density at radius 1 is 1.50 bits per heavy atom. The maximum atomic E-state index is 6.00. The monoisotopic (exact) mass is 340 g/mol. The molecule has 4 heteroatoms. The van der Waals surface area contributed by atoms with Crippen LogP contribution in [-0.2, 0) is 11.2 Å². The van der Waals surface area contributed by atoms with Gasteiger partial charge in [-0.3, -0.25) is 0 Å². The normalized spacial score (nSPS) is 24.8. The second-order valence-electron chi connectivity index (χ2n) is 5.81. The number of halogens is 1.